The fraction of sp³-hybridized carbons (Fsp3) is 0.0667. The van der Waals surface area contributed by atoms with E-state index in [-0.39, 0.29) is 5.56 Å². The zero-order valence-electron chi connectivity index (χ0n) is 11.9. The normalized spacial score (nSPS) is 11.2. The predicted octanol–water partition coefficient (Wildman–Crippen LogP) is 3.05. The molecule has 1 aromatic carbocycles. The Kier molecular flexibility index (Phi) is 3.24. The number of hydrogen-bond donors (Lipinski definition) is 0. The molecule has 4 aromatic rings. The standard InChI is InChI=1S/C15H9ClN4O2S/c1-22-10-6-7-17-14-11(10)12-13(23-14)15(21)20(19-18-12)9-4-2-8(16)3-5-9/h2-7H,1H3. The van der Waals surface area contributed by atoms with Gasteiger partial charge < -0.3 is 4.74 Å². The van der Waals surface area contributed by atoms with Crippen molar-refractivity contribution in [2.24, 2.45) is 0 Å². The lowest BCUT2D eigenvalue weighted by atomic mass is 10.3. The molecular formula is C15H9ClN4O2S. The molecule has 0 saturated heterocycles. The van der Waals surface area contributed by atoms with Crippen LogP contribution in [0.5, 0.6) is 5.75 Å². The van der Waals surface area contributed by atoms with Crippen LogP contribution in [0.2, 0.25) is 5.02 Å². The van der Waals surface area contributed by atoms with E-state index in [9.17, 15) is 4.79 Å². The Bertz CT molecular complexity index is 1090. The van der Waals surface area contributed by atoms with Crippen LogP contribution in [0, 0.1) is 0 Å². The summed E-state index contributed by atoms with van der Waals surface area (Å²) in [5, 5.41) is 9.55. The van der Waals surface area contributed by atoms with Crippen molar-refractivity contribution >= 4 is 43.4 Å². The van der Waals surface area contributed by atoms with Gasteiger partial charge in [-0.2, -0.15) is 4.68 Å². The number of fused-ring (bicyclic) bond motifs is 3. The van der Waals surface area contributed by atoms with E-state index in [0.29, 0.717) is 36.9 Å². The molecule has 6 nitrogen and oxygen atoms in total. The maximum atomic E-state index is 12.8. The molecule has 3 aromatic heterocycles. The molecule has 0 aliphatic carbocycles. The molecule has 0 bridgehead atoms. The molecule has 114 valence electrons. The molecule has 0 aliphatic heterocycles. The van der Waals surface area contributed by atoms with E-state index in [1.807, 2.05) is 0 Å². The Hall–Kier alpha value is -2.51. The lowest BCUT2D eigenvalue weighted by Gasteiger charge is -2.03. The summed E-state index contributed by atoms with van der Waals surface area (Å²) in [5.41, 5.74) is 0.860. The quantitative estimate of drug-likeness (QED) is 0.559. The monoisotopic (exact) mass is 344 g/mol. The van der Waals surface area contributed by atoms with Gasteiger partial charge in [0.15, 0.2) is 0 Å². The van der Waals surface area contributed by atoms with Gasteiger partial charge in [0.1, 0.15) is 20.8 Å². The molecule has 4 rings (SSSR count). The van der Waals surface area contributed by atoms with Crippen molar-refractivity contribution in [3.8, 4) is 11.4 Å². The van der Waals surface area contributed by atoms with Crippen LogP contribution in [-0.2, 0) is 0 Å². The molecule has 0 fully saturated rings. The van der Waals surface area contributed by atoms with E-state index >= 15 is 0 Å². The van der Waals surface area contributed by atoms with Crippen LogP contribution in [-0.4, -0.2) is 27.1 Å². The first kappa shape index (κ1) is 14.1. The number of nitrogens with zero attached hydrogens (tertiary/aromatic N) is 4. The van der Waals surface area contributed by atoms with E-state index in [1.54, 1.807) is 43.6 Å². The molecule has 8 heteroatoms. The minimum atomic E-state index is -0.248. The lowest BCUT2D eigenvalue weighted by Crippen LogP contribution is -2.21. The molecule has 0 atom stereocenters. The van der Waals surface area contributed by atoms with Gasteiger partial charge in [0, 0.05) is 11.2 Å². The molecule has 3 heterocycles. The van der Waals surface area contributed by atoms with Crippen molar-refractivity contribution < 1.29 is 4.74 Å². The highest BCUT2D eigenvalue weighted by atomic mass is 35.5. The largest absolute Gasteiger partial charge is 0.496 e. The van der Waals surface area contributed by atoms with Crippen molar-refractivity contribution in [1.29, 1.82) is 0 Å². The Morgan fingerprint density at radius 3 is 2.74 bits per heavy atom. The molecule has 0 saturated carbocycles. The maximum absolute atomic E-state index is 12.8. The van der Waals surface area contributed by atoms with Crippen LogP contribution in [0.4, 0.5) is 0 Å². The maximum Gasteiger partial charge on any atom is 0.292 e. The van der Waals surface area contributed by atoms with Crippen LogP contribution in [0.3, 0.4) is 0 Å². The SMILES string of the molecule is COc1ccnc2sc3c(=O)n(-c4ccc(Cl)cc4)nnc3c12. The van der Waals surface area contributed by atoms with E-state index in [2.05, 4.69) is 15.3 Å². The highest BCUT2D eigenvalue weighted by Gasteiger charge is 2.17. The number of methoxy groups -OCH3 is 1. The van der Waals surface area contributed by atoms with Gasteiger partial charge in [0.25, 0.3) is 5.56 Å². The Balaban J connectivity index is 2.04. The number of pyridine rings is 1. The highest BCUT2D eigenvalue weighted by molar-refractivity contribution is 7.25. The minimum Gasteiger partial charge on any atom is -0.496 e. The summed E-state index contributed by atoms with van der Waals surface area (Å²) in [6, 6.07) is 8.57. The molecule has 0 amide bonds. The summed E-state index contributed by atoms with van der Waals surface area (Å²) in [5.74, 6) is 0.624. The van der Waals surface area contributed by atoms with Crippen LogP contribution in [0.25, 0.3) is 26.1 Å². The van der Waals surface area contributed by atoms with Gasteiger partial charge in [-0.3, -0.25) is 4.79 Å². The Morgan fingerprint density at radius 2 is 2.00 bits per heavy atom. The first-order valence-corrected chi connectivity index (χ1v) is 7.85. The molecule has 23 heavy (non-hydrogen) atoms. The summed E-state index contributed by atoms with van der Waals surface area (Å²) in [4.78, 5) is 17.7. The number of ether oxygens (including phenoxy) is 1. The van der Waals surface area contributed by atoms with Crippen molar-refractivity contribution in [1.82, 2.24) is 20.0 Å². The predicted molar refractivity (Wildman–Crippen MR) is 89.9 cm³/mol. The number of rotatable bonds is 2. The fourth-order valence-electron chi connectivity index (χ4n) is 2.37. The summed E-state index contributed by atoms with van der Waals surface area (Å²) in [7, 11) is 1.57. The van der Waals surface area contributed by atoms with Gasteiger partial charge in [0.05, 0.1) is 18.2 Å². The lowest BCUT2D eigenvalue weighted by molar-refractivity contribution is 0.420. The smallest absolute Gasteiger partial charge is 0.292 e. The van der Waals surface area contributed by atoms with Crippen LogP contribution >= 0.6 is 22.9 Å². The average molecular weight is 345 g/mol. The number of thiophene rings is 1. The number of hydrogen-bond acceptors (Lipinski definition) is 6. The van der Waals surface area contributed by atoms with Gasteiger partial charge >= 0.3 is 0 Å². The van der Waals surface area contributed by atoms with Crippen LogP contribution < -0.4 is 10.3 Å². The summed E-state index contributed by atoms with van der Waals surface area (Å²) in [6.45, 7) is 0. The van der Waals surface area contributed by atoms with Crippen molar-refractivity contribution in [3.63, 3.8) is 0 Å². The number of benzene rings is 1. The topological polar surface area (TPSA) is 69.9 Å². The third kappa shape index (κ3) is 2.16. The molecule has 0 aliphatic rings. The van der Waals surface area contributed by atoms with Crippen molar-refractivity contribution in [2.75, 3.05) is 7.11 Å². The summed E-state index contributed by atoms with van der Waals surface area (Å²) < 4.78 is 7.08. The van der Waals surface area contributed by atoms with E-state index in [1.165, 1.54) is 16.0 Å². The zero-order valence-corrected chi connectivity index (χ0v) is 13.4. The second kappa shape index (κ2) is 5.29. The number of aromatic nitrogens is 4. The second-order valence-corrected chi connectivity index (χ2v) is 6.19. The van der Waals surface area contributed by atoms with Gasteiger partial charge in [-0.05, 0) is 30.3 Å². The minimum absolute atomic E-state index is 0.248. The van der Waals surface area contributed by atoms with E-state index < -0.39 is 0 Å². The van der Waals surface area contributed by atoms with Gasteiger partial charge in [-0.1, -0.05) is 16.8 Å². The van der Waals surface area contributed by atoms with Crippen molar-refractivity contribution in [2.45, 2.75) is 0 Å². The van der Waals surface area contributed by atoms with E-state index in [4.69, 9.17) is 16.3 Å². The molecule has 0 radical (unpaired) electrons. The first-order chi connectivity index (χ1) is 11.2. The third-order valence-corrected chi connectivity index (χ3v) is 4.77. The molecule has 0 unspecified atom stereocenters. The second-order valence-electron chi connectivity index (χ2n) is 4.76. The van der Waals surface area contributed by atoms with Crippen LogP contribution in [0.15, 0.2) is 41.3 Å². The average Bonchev–Trinajstić information content (AvgIpc) is 2.96. The van der Waals surface area contributed by atoms with Gasteiger partial charge in [-0.25, -0.2) is 4.98 Å². The Labute approximate surface area is 138 Å². The zero-order chi connectivity index (χ0) is 16.0. The van der Waals surface area contributed by atoms with Crippen molar-refractivity contribution in [3.05, 3.63) is 51.9 Å². The van der Waals surface area contributed by atoms with E-state index in [0.717, 1.165) is 0 Å². The first-order valence-electron chi connectivity index (χ1n) is 6.66. The third-order valence-electron chi connectivity index (χ3n) is 3.44. The highest BCUT2D eigenvalue weighted by Crippen LogP contribution is 2.34. The molecular weight excluding hydrogens is 336 g/mol. The summed E-state index contributed by atoms with van der Waals surface area (Å²) >= 11 is 7.15. The fourth-order valence-corrected chi connectivity index (χ4v) is 3.51. The summed E-state index contributed by atoms with van der Waals surface area (Å²) in [6.07, 6.45) is 1.64. The van der Waals surface area contributed by atoms with Gasteiger partial charge in [-0.15, -0.1) is 16.4 Å². The molecule has 0 N–H and O–H groups in total. The number of halogens is 1. The molecule has 0 spiro atoms. The van der Waals surface area contributed by atoms with Crippen LogP contribution in [0.1, 0.15) is 0 Å². The Morgan fingerprint density at radius 1 is 1.22 bits per heavy atom. The van der Waals surface area contributed by atoms with Gasteiger partial charge in [0.2, 0.25) is 0 Å².